The number of esters is 1. The Morgan fingerprint density at radius 3 is 3.00 bits per heavy atom. The summed E-state index contributed by atoms with van der Waals surface area (Å²) in [6.45, 7) is 7.84. The number of carbonyl (C=O) groups excluding carboxylic acids is 1. The lowest BCUT2D eigenvalue weighted by Crippen LogP contribution is -2.35. The minimum atomic E-state index is -0.633. The molecule has 104 valence electrons. The smallest absolute Gasteiger partial charge is 0.334 e. The van der Waals surface area contributed by atoms with Gasteiger partial charge in [-0.1, -0.05) is 18.2 Å². The summed E-state index contributed by atoms with van der Waals surface area (Å²) in [7, 11) is 0. The quantitative estimate of drug-likeness (QED) is 0.313. The van der Waals surface area contributed by atoms with Gasteiger partial charge in [0.15, 0.2) is 0 Å². The third-order valence-corrected chi connectivity index (χ3v) is 4.58. The van der Waals surface area contributed by atoms with E-state index in [0.29, 0.717) is 12.0 Å². The Morgan fingerprint density at radius 2 is 2.26 bits per heavy atom. The van der Waals surface area contributed by atoms with Crippen LogP contribution >= 0.6 is 0 Å². The van der Waals surface area contributed by atoms with Gasteiger partial charge in [-0.05, 0) is 33.1 Å². The van der Waals surface area contributed by atoms with Crippen LogP contribution in [0, 0.1) is 5.92 Å². The summed E-state index contributed by atoms with van der Waals surface area (Å²) >= 11 is 0. The molecule has 3 rings (SSSR count). The zero-order valence-electron chi connectivity index (χ0n) is 11.4. The van der Waals surface area contributed by atoms with E-state index < -0.39 is 12.1 Å². The molecule has 0 aromatic carbocycles. The maximum Gasteiger partial charge on any atom is 0.334 e. The van der Waals surface area contributed by atoms with Crippen LogP contribution in [0.2, 0.25) is 0 Å². The first-order chi connectivity index (χ1) is 8.92. The molecular weight excluding hydrogens is 244 g/mol. The lowest BCUT2D eigenvalue weighted by atomic mass is 9.82. The molecule has 2 aliphatic heterocycles. The number of rotatable bonds is 0. The zero-order valence-corrected chi connectivity index (χ0v) is 11.4. The van der Waals surface area contributed by atoms with Gasteiger partial charge in [0, 0.05) is 5.57 Å². The lowest BCUT2D eigenvalue weighted by Gasteiger charge is -2.24. The van der Waals surface area contributed by atoms with E-state index in [1.807, 2.05) is 13.8 Å². The Hall–Kier alpha value is -1.13. The van der Waals surface area contributed by atoms with E-state index in [-0.39, 0.29) is 23.7 Å². The average molecular weight is 264 g/mol. The molecule has 0 spiro atoms. The monoisotopic (exact) mass is 264 g/mol. The molecule has 2 fully saturated rings. The van der Waals surface area contributed by atoms with Crippen LogP contribution in [-0.2, 0) is 14.3 Å². The van der Waals surface area contributed by atoms with Gasteiger partial charge in [0.25, 0.3) is 0 Å². The summed E-state index contributed by atoms with van der Waals surface area (Å²) in [4.78, 5) is 11.7. The van der Waals surface area contributed by atoms with Gasteiger partial charge < -0.3 is 14.6 Å². The van der Waals surface area contributed by atoms with E-state index in [1.54, 1.807) is 0 Å². The standard InChI is InChI=1S/C15H20O4/c1-8-5-4-6-15(3)13(19-15)12-11(10(16)7-8)9(2)14(17)18-12/h5,10-13,16H,2,4,6-7H2,1,3H3. The second-order valence-corrected chi connectivity index (χ2v) is 6.13. The molecule has 0 amide bonds. The van der Waals surface area contributed by atoms with Crippen molar-refractivity contribution in [2.75, 3.05) is 0 Å². The molecule has 5 atom stereocenters. The maximum absolute atomic E-state index is 11.7. The van der Waals surface area contributed by atoms with Gasteiger partial charge in [0.05, 0.1) is 17.6 Å². The number of hydrogen-bond donors (Lipinski definition) is 1. The van der Waals surface area contributed by atoms with Crippen LogP contribution < -0.4 is 0 Å². The minimum Gasteiger partial charge on any atom is -0.455 e. The molecule has 2 saturated heterocycles. The maximum atomic E-state index is 11.7. The fraction of sp³-hybridized carbons (Fsp3) is 0.667. The highest BCUT2D eigenvalue weighted by atomic mass is 16.6. The fourth-order valence-corrected chi connectivity index (χ4v) is 3.33. The zero-order chi connectivity index (χ0) is 13.8. The van der Waals surface area contributed by atoms with E-state index in [0.717, 1.165) is 18.4 Å². The lowest BCUT2D eigenvalue weighted by molar-refractivity contribution is -0.140. The van der Waals surface area contributed by atoms with Crippen molar-refractivity contribution in [3.8, 4) is 0 Å². The molecule has 4 heteroatoms. The Balaban J connectivity index is 1.93. The van der Waals surface area contributed by atoms with Crippen LogP contribution in [0.4, 0.5) is 0 Å². The van der Waals surface area contributed by atoms with E-state index in [1.165, 1.54) is 0 Å². The predicted molar refractivity (Wildman–Crippen MR) is 69.4 cm³/mol. The Kier molecular flexibility index (Phi) is 2.84. The molecule has 2 heterocycles. The Bertz CT molecular complexity index is 467. The van der Waals surface area contributed by atoms with Crippen molar-refractivity contribution in [3.05, 3.63) is 23.8 Å². The van der Waals surface area contributed by atoms with Crippen molar-refractivity contribution >= 4 is 5.97 Å². The van der Waals surface area contributed by atoms with Crippen molar-refractivity contribution in [3.63, 3.8) is 0 Å². The first-order valence-corrected chi connectivity index (χ1v) is 6.84. The van der Waals surface area contributed by atoms with Crippen LogP contribution in [0.3, 0.4) is 0 Å². The number of epoxide rings is 1. The van der Waals surface area contributed by atoms with Crippen LogP contribution in [0.1, 0.15) is 33.1 Å². The molecule has 3 aliphatic rings. The van der Waals surface area contributed by atoms with Gasteiger partial charge in [0.2, 0.25) is 0 Å². The number of carbonyl (C=O) groups is 1. The minimum absolute atomic E-state index is 0.109. The summed E-state index contributed by atoms with van der Waals surface area (Å²) in [5.41, 5.74) is 1.28. The SMILES string of the molecule is C=C1C(=O)OC2C1C(O)CC(C)=CCCC1(C)OC21. The second kappa shape index (κ2) is 4.18. The van der Waals surface area contributed by atoms with Crippen LogP contribution in [0.15, 0.2) is 23.8 Å². The van der Waals surface area contributed by atoms with Gasteiger partial charge in [-0.2, -0.15) is 0 Å². The van der Waals surface area contributed by atoms with E-state index >= 15 is 0 Å². The predicted octanol–water partition coefficient (Wildman–Crippen LogP) is 1.73. The third-order valence-electron chi connectivity index (χ3n) is 4.58. The van der Waals surface area contributed by atoms with Crippen molar-refractivity contribution in [1.82, 2.24) is 0 Å². The highest BCUT2D eigenvalue weighted by molar-refractivity contribution is 5.91. The van der Waals surface area contributed by atoms with Gasteiger partial charge in [0.1, 0.15) is 12.2 Å². The molecule has 0 aromatic heterocycles. The summed E-state index contributed by atoms with van der Waals surface area (Å²) in [6, 6.07) is 0. The van der Waals surface area contributed by atoms with Gasteiger partial charge in [-0.15, -0.1) is 0 Å². The van der Waals surface area contributed by atoms with Gasteiger partial charge in [-0.25, -0.2) is 4.79 Å². The number of hydrogen-bond acceptors (Lipinski definition) is 4. The Morgan fingerprint density at radius 1 is 1.53 bits per heavy atom. The number of ether oxygens (including phenoxy) is 2. The number of allylic oxidation sites excluding steroid dienone is 1. The van der Waals surface area contributed by atoms with E-state index in [2.05, 4.69) is 12.7 Å². The van der Waals surface area contributed by atoms with Crippen LogP contribution in [-0.4, -0.2) is 35.0 Å². The molecule has 0 bridgehead atoms. The summed E-state index contributed by atoms with van der Waals surface area (Å²) in [5, 5.41) is 10.4. The highest BCUT2D eigenvalue weighted by Crippen LogP contribution is 2.49. The molecule has 19 heavy (non-hydrogen) atoms. The largest absolute Gasteiger partial charge is 0.455 e. The second-order valence-electron chi connectivity index (χ2n) is 6.13. The fourth-order valence-electron chi connectivity index (χ4n) is 3.33. The molecule has 4 nitrogen and oxygen atoms in total. The molecular formula is C15H20O4. The first kappa shape index (κ1) is 12.9. The van der Waals surface area contributed by atoms with Crippen molar-refractivity contribution in [1.29, 1.82) is 0 Å². The molecule has 1 aliphatic carbocycles. The molecule has 0 radical (unpaired) electrons. The normalized spacial score (nSPS) is 45.9. The molecule has 1 N–H and O–H groups in total. The average Bonchev–Trinajstić information content (AvgIpc) is 2.89. The first-order valence-electron chi connectivity index (χ1n) is 6.84. The van der Waals surface area contributed by atoms with Crippen molar-refractivity contribution in [2.45, 2.75) is 57.0 Å². The van der Waals surface area contributed by atoms with Crippen molar-refractivity contribution in [2.24, 2.45) is 5.92 Å². The van der Waals surface area contributed by atoms with Crippen LogP contribution in [0.25, 0.3) is 0 Å². The summed E-state index contributed by atoms with van der Waals surface area (Å²) < 4.78 is 11.2. The number of aliphatic hydroxyl groups is 1. The highest BCUT2D eigenvalue weighted by Gasteiger charge is 2.62. The van der Waals surface area contributed by atoms with E-state index in [4.69, 9.17) is 9.47 Å². The van der Waals surface area contributed by atoms with Gasteiger partial charge in [-0.3, -0.25) is 0 Å². The summed E-state index contributed by atoms with van der Waals surface area (Å²) in [6.07, 6.45) is 3.42. The van der Waals surface area contributed by atoms with Gasteiger partial charge >= 0.3 is 5.97 Å². The molecule has 5 unspecified atom stereocenters. The molecule has 0 saturated carbocycles. The number of aliphatic hydroxyl groups excluding tert-OH is 1. The molecule has 0 aromatic rings. The third kappa shape index (κ3) is 2.03. The van der Waals surface area contributed by atoms with Crippen molar-refractivity contribution < 1.29 is 19.4 Å². The topological polar surface area (TPSA) is 59.1 Å². The number of fused-ring (bicyclic) bond motifs is 3. The van der Waals surface area contributed by atoms with Crippen LogP contribution in [0.5, 0.6) is 0 Å². The van der Waals surface area contributed by atoms with E-state index in [9.17, 15) is 9.90 Å². The Labute approximate surface area is 113 Å². The summed E-state index contributed by atoms with van der Waals surface area (Å²) in [5.74, 6) is -0.742.